The highest BCUT2D eigenvalue weighted by molar-refractivity contribution is 5.72. The van der Waals surface area contributed by atoms with Crippen molar-refractivity contribution in [2.24, 2.45) is 0 Å². The first kappa shape index (κ1) is 10.6. The Hall–Kier alpha value is -1.51. The lowest BCUT2D eigenvalue weighted by Gasteiger charge is -2.04. The molecule has 1 rings (SSSR count). The van der Waals surface area contributed by atoms with Crippen LogP contribution in [0.5, 0.6) is 11.5 Å². The van der Waals surface area contributed by atoms with Crippen molar-refractivity contribution in [3.05, 3.63) is 23.8 Å². The normalized spacial score (nSPS) is 9.86. The minimum absolute atomic E-state index is 0.115. The van der Waals surface area contributed by atoms with Gasteiger partial charge in [-0.3, -0.25) is 4.79 Å². The van der Waals surface area contributed by atoms with Crippen LogP contribution in [-0.2, 0) is 4.79 Å². The molecule has 76 valence electrons. The van der Waals surface area contributed by atoms with Crippen LogP contribution in [0.15, 0.2) is 18.2 Å². The van der Waals surface area contributed by atoms with Crippen LogP contribution in [-0.4, -0.2) is 11.1 Å². The van der Waals surface area contributed by atoms with Crippen molar-refractivity contribution in [1.29, 1.82) is 0 Å². The van der Waals surface area contributed by atoms with Crippen molar-refractivity contribution in [2.45, 2.75) is 26.7 Å². The van der Waals surface area contributed by atoms with Gasteiger partial charge in [0.05, 0.1) is 0 Å². The van der Waals surface area contributed by atoms with E-state index in [2.05, 4.69) is 0 Å². The van der Waals surface area contributed by atoms with Gasteiger partial charge in [0.25, 0.3) is 0 Å². The number of phenols is 1. The van der Waals surface area contributed by atoms with Gasteiger partial charge in [-0.2, -0.15) is 0 Å². The molecule has 1 N–H and O–H groups in total. The zero-order valence-corrected chi connectivity index (χ0v) is 8.41. The van der Waals surface area contributed by atoms with Crippen molar-refractivity contribution in [3.63, 3.8) is 0 Å². The molecule has 0 radical (unpaired) electrons. The van der Waals surface area contributed by atoms with E-state index in [1.165, 1.54) is 6.07 Å². The number of phenolic OH excluding ortho intramolecular Hbond substituents is 1. The van der Waals surface area contributed by atoms with Crippen LogP contribution < -0.4 is 4.74 Å². The summed E-state index contributed by atoms with van der Waals surface area (Å²) in [5.74, 6) is 0.253. The minimum Gasteiger partial charge on any atom is -0.508 e. The number of rotatable bonds is 3. The van der Waals surface area contributed by atoms with E-state index in [-0.39, 0.29) is 11.7 Å². The van der Waals surface area contributed by atoms with Gasteiger partial charge in [0, 0.05) is 12.5 Å². The van der Waals surface area contributed by atoms with E-state index < -0.39 is 0 Å². The highest BCUT2D eigenvalue weighted by Crippen LogP contribution is 2.21. The highest BCUT2D eigenvalue weighted by atomic mass is 16.5. The summed E-state index contributed by atoms with van der Waals surface area (Å²) in [6, 6.07) is 4.75. The number of esters is 1. The van der Waals surface area contributed by atoms with E-state index >= 15 is 0 Å². The van der Waals surface area contributed by atoms with Gasteiger partial charge in [-0.1, -0.05) is 6.92 Å². The number of carbonyl (C=O) groups is 1. The largest absolute Gasteiger partial charge is 0.508 e. The number of carbonyl (C=O) groups excluding carboxylic acids is 1. The molecular weight excluding hydrogens is 180 g/mol. The molecule has 0 atom stereocenters. The van der Waals surface area contributed by atoms with Crippen molar-refractivity contribution in [1.82, 2.24) is 0 Å². The van der Waals surface area contributed by atoms with Crippen molar-refractivity contribution in [3.8, 4) is 11.5 Å². The quantitative estimate of drug-likeness (QED) is 0.593. The fourth-order valence-electron chi connectivity index (χ4n) is 1.17. The molecule has 0 saturated heterocycles. The maximum absolute atomic E-state index is 11.1. The Morgan fingerprint density at radius 2 is 2.14 bits per heavy atom. The van der Waals surface area contributed by atoms with Crippen LogP contribution in [0, 0.1) is 6.92 Å². The van der Waals surface area contributed by atoms with Gasteiger partial charge in [-0.05, 0) is 31.0 Å². The molecule has 14 heavy (non-hydrogen) atoms. The molecule has 0 heterocycles. The summed E-state index contributed by atoms with van der Waals surface area (Å²) < 4.78 is 5.02. The second kappa shape index (κ2) is 4.65. The summed E-state index contributed by atoms with van der Waals surface area (Å²) in [5.41, 5.74) is 0.865. The zero-order chi connectivity index (χ0) is 10.6. The molecule has 0 unspecified atom stereocenters. The van der Waals surface area contributed by atoms with Crippen molar-refractivity contribution >= 4 is 5.97 Å². The summed E-state index contributed by atoms with van der Waals surface area (Å²) in [4.78, 5) is 11.1. The third-order valence-electron chi connectivity index (χ3n) is 1.72. The van der Waals surface area contributed by atoms with E-state index in [0.29, 0.717) is 12.2 Å². The summed E-state index contributed by atoms with van der Waals surface area (Å²) in [5, 5.41) is 9.25. The van der Waals surface area contributed by atoms with E-state index in [9.17, 15) is 9.90 Å². The average Bonchev–Trinajstić information content (AvgIpc) is 2.01. The van der Waals surface area contributed by atoms with Crippen LogP contribution in [0.3, 0.4) is 0 Å². The summed E-state index contributed by atoms with van der Waals surface area (Å²) in [7, 11) is 0. The maximum atomic E-state index is 11.1. The smallest absolute Gasteiger partial charge is 0.311 e. The molecule has 0 fully saturated rings. The first-order valence-corrected chi connectivity index (χ1v) is 4.63. The summed E-state index contributed by atoms with van der Waals surface area (Å²) in [6.07, 6.45) is 1.16. The van der Waals surface area contributed by atoms with Gasteiger partial charge >= 0.3 is 5.97 Å². The molecule has 0 spiro atoms. The second-order valence-electron chi connectivity index (χ2n) is 3.23. The van der Waals surface area contributed by atoms with Gasteiger partial charge in [-0.25, -0.2) is 0 Å². The Bertz CT molecular complexity index is 311. The van der Waals surface area contributed by atoms with Crippen LogP contribution in [0.1, 0.15) is 25.3 Å². The second-order valence-corrected chi connectivity index (χ2v) is 3.23. The van der Waals surface area contributed by atoms with Crippen LogP contribution >= 0.6 is 0 Å². The van der Waals surface area contributed by atoms with Crippen molar-refractivity contribution < 1.29 is 14.6 Å². The fourth-order valence-corrected chi connectivity index (χ4v) is 1.17. The number of hydrogen-bond donors (Lipinski definition) is 1. The van der Waals surface area contributed by atoms with Gasteiger partial charge in [0.1, 0.15) is 11.5 Å². The predicted molar refractivity (Wildman–Crippen MR) is 53.4 cm³/mol. The maximum Gasteiger partial charge on any atom is 0.311 e. The molecule has 0 saturated carbocycles. The molecule has 1 aromatic rings. The standard InChI is InChI=1S/C11H14O3/c1-3-4-11(13)14-10-6-8(2)5-9(12)7-10/h5-7,12H,3-4H2,1-2H3. The SMILES string of the molecule is CCCC(=O)Oc1cc(C)cc(O)c1. The molecule has 1 aromatic carbocycles. The Labute approximate surface area is 83.3 Å². The Morgan fingerprint density at radius 3 is 2.71 bits per heavy atom. The molecule has 0 bridgehead atoms. The lowest BCUT2D eigenvalue weighted by Crippen LogP contribution is -2.06. The monoisotopic (exact) mass is 194 g/mol. The summed E-state index contributed by atoms with van der Waals surface area (Å²) >= 11 is 0. The first-order chi connectivity index (χ1) is 6.61. The fraction of sp³-hybridized carbons (Fsp3) is 0.364. The number of benzene rings is 1. The van der Waals surface area contributed by atoms with E-state index in [1.807, 2.05) is 13.8 Å². The number of hydrogen-bond acceptors (Lipinski definition) is 3. The molecule has 0 aromatic heterocycles. The third kappa shape index (κ3) is 3.09. The summed E-state index contributed by atoms with van der Waals surface area (Å²) in [6.45, 7) is 3.74. The molecule has 0 aliphatic heterocycles. The Balaban J connectivity index is 2.71. The Kier molecular flexibility index (Phi) is 3.51. The van der Waals surface area contributed by atoms with Crippen LogP contribution in [0.2, 0.25) is 0 Å². The lowest BCUT2D eigenvalue weighted by molar-refractivity contribution is -0.134. The van der Waals surface area contributed by atoms with Gasteiger partial charge in [0.2, 0.25) is 0 Å². The van der Waals surface area contributed by atoms with Gasteiger partial charge in [-0.15, -0.1) is 0 Å². The van der Waals surface area contributed by atoms with Gasteiger partial charge < -0.3 is 9.84 Å². The molecule has 0 aliphatic rings. The van der Waals surface area contributed by atoms with Gasteiger partial charge in [0.15, 0.2) is 0 Å². The highest BCUT2D eigenvalue weighted by Gasteiger charge is 2.04. The number of aromatic hydroxyl groups is 1. The number of aryl methyl sites for hydroxylation is 1. The third-order valence-corrected chi connectivity index (χ3v) is 1.72. The van der Waals surface area contributed by atoms with Crippen LogP contribution in [0.4, 0.5) is 0 Å². The molecule has 3 nitrogen and oxygen atoms in total. The molecular formula is C11H14O3. The lowest BCUT2D eigenvalue weighted by atomic mass is 10.2. The zero-order valence-electron chi connectivity index (χ0n) is 8.41. The first-order valence-electron chi connectivity index (χ1n) is 4.63. The Morgan fingerprint density at radius 1 is 1.43 bits per heavy atom. The van der Waals surface area contributed by atoms with E-state index in [1.54, 1.807) is 12.1 Å². The van der Waals surface area contributed by atoms with E-state index in [4.69, 9.17) is 4.74 Å². The minimum atomic E-state index is -0.266. The van der Waals surface area contributed by atoms with E-state index in [0.717, 1.165) is 12.0 Å². The molecule has 0 amide bonds. The average molecular weight is 194 g/mol. The topological polar surface area (TPSA) is 46.5 Å². The molecule has 3 heteroatoms. The van der Waals surface area contributed by atoms with Crippen LogP contribution in [0.25, 0.3) is 0 Å². The van der Waals surface area contributed by atoms with Crippen molar-refractivity contribution in [2.75, 3.05) is 0 Å². The predicted octanol–water partition coefficient (Wildman–Crippen LogP) is 2.41. The molecule has 0 aliphatic carbocycles. The number of ether oxygens (including phenoxy) is 1.